The minimum absolute atomic E-state index is 0.0881. The molecule has 0 N–H and O–H groups in total. The van der Waals surface area contributed by atoms with Crippen molar-refractivity contribution >= 4 is 5.69 Å². The molecule has 0 bridgehead atoms. The molecule has 0 radical (unpaired) electrons. The monoisotopic (exact) mass is 243 g/mol. The fourth-order valence-corrected chi connectivity index (χ4v) is 1.68. The van der Waals surface area contributed by atoms with Gasteiger partial charge in [-0.1, -0.05) is 24.3 Å². The molecule has 0 atom stereocenters. The predicted octanol–water partition coefficient (Wildman–Crippen LogP) is 3.48. The lowest BCUT2D eigenvalue weighted by Gasteiger charge is -2.07. The van der Waals surface area contributed by atoms with Crippen molar-refractivity contribution in [3.05, 3.63) is 69.8 Å². The Morgan fingerprint density at radius 3 is 2.67 bits per heavy atom. The predicted molar refractivity (Wildman–Crippen MR) is 68.6 cm³/mol. The second-order valence-electron chi connectivity index (χ2n) is 3.99. The first-order valence-corrected chi connectivity index (χ1v) is 5.58. The minimum atomic E-state index is -0.394. The number of hydrogen-bond acceptors (Lipinski definition) is 3. The van der Waals surface area contributed by atoms with Gasteiger partial charge in [0.05, 0.1) is 10.5 Å². The summed E-state index contributed by atoms with van der Waals surface area (Å²) < 4.78 is 5.56. The first-order chi connectivity index (χ1) is 8.66. The third-order valence-electron chi connectivity index (χ3n) is 2.57. The summed E-state index contributed by atoms with van der Waals surface area (Å²) in [6, 6.07) is 14.2. The summed E-state index contributed by atoms with van der Waals surface area (Å²) in [6.45, 7) is 2.17. The third-order valence-corrected chi connectivity index (χ3v) is 2.57. The van der Waals surface area contributed by atoms with Crippen molar-refractivity contribution in [3.8, 4) is 5.75 Å². The Morgan fingerprint density at radius 2 is 1.94 bits per heavy atom. The number of aryl methyl sites for hydroxylation is 1. The maximum atomic E-state index is 10.8. The van der Waals surface area contributed by atoms with E-state index >= 15 is 0 Å². The molecule has 0 aliphatic rings. The number of hydrogen-bond donors (Lipinski definition) is 0. The molecule has 0 heterocycles. The van der Waals surface area contributed by atoms with E-state index < -0.39 is 4.92 Å². The number of rotatable bonds is 4. The number of nitro groups is 1. The fourth-order valence-electron chi connectivity index (χ4n) is 1.68. The maximum Gasteiger partial charge on any atom is 0.276 e. The van der Waals surface area contributed by atoms with Crippen LogP contribution in [-0.4, -0.2) is 4.92 Å². The molecule has 2 rings (SSSR count). The molecular weight excluding hydrogens is 230 g/mol. The van der Waals surface area contributed by atoms with Crippen LogP contribution in [0.5, 0.6) is 5.75 Å². The van der Waals surface area contributed by atoms with Gasteiger partial charge in [-0.05, 0) is 30.7 Å². The lowest BCUT2D eigenvalue weighted by atomic mass is 10.2. The van der Waals surface area contributed by atoms with Crippen LogP contribution in [0.25, 0.3) is 0 Å². The molecule has 2 aromatic rings. The molecule has 0 unspecified atom stereocenters. The van der Waals surface area contributed by atoms with Crippen LogP contribution in [0.4, 0.5) is 5.69 Å². The van der Waals surface area contributed by atoms with Crippen LogP contribution >= 0.6 is 0 Å². The first-order valence-electron chi connectivity index (χ1n) is 5.58. The Balaban J connectivity index is 2.13. The molecule has 0 amide bonds. The van der Waals surface area contributed by atoms with Gasteiger partial charge in [0, 0.05) is 6.07 Å². The maximum absolute atomic E-state index is 10.8. The Morgan fingerprint density at radius 1 is 1.17 bits per heavy atom. The summed E-state index contributed by atoms with van der Waals surface area (Å²) in [7, 11) is 0. The molecule has 0 saturated carbocycles. The molecule has 0 spiro atoms. The summed E-state index contributed by atoms with van der Waals surface area (Å²) >= 11 is 0. The molecule has 0 aliphatic heterocycles. The number of benzene rings is 2. The molecule has 92 valence electrons. The summed E-state index contributed by atoms with van der Waals surface area (Å²) in [5.41, 5.74) is 1.75. The number of para-hydroxylation sites is 1. The lowest BCUT2D eigenvalue weighted by Crippen LogP contribution is -2.00. The van der Waals surface area contributed by atoms with Gasteiger partial charge in [-0.3, -0.25) is 10.1 Å². The van der Waals surface area contributed by atoms with E-state index in [1.807, 2.05) is 31.2 Å². The van der Waals surface area contributed by atoms with Crippen LogP contribution in [0.1, 0.15) is 11.1 Å². The average molecular weight is 243 g/mol. The van der Waals surface area contributed by atoms with E-state index in [-0.39, 0.29) is 12.3 Å². The Bertz CT molecular complexity index is 566. The second kappa shape index (κ2) is 5.31. The van der Waals surface area contributed by atoms with Gasteiger partial charge in [-0.2, -0.15) is 0 Å². The first kappa shape index (κ1) is 12.1. The summed E-state index contributed by atoms with van der Waals surface area (Å²) in [4.78, 5) is 10.4. The van der Waals surface area contributed by atoms with Crippen molar-refractivity contribution in [1.29, 1.82) is 0 Å². The quantitative estimate of drug-likeness (QED) is 0.610. The summed E-state index contributed by atoms with van der Waals surface area (Å²) in [6.07, 6.45) is 0. The van der Waals surface area contributed by atoms with E-state index in [1.54, 1.807) is 18.2 Å². The lowest BCUT2D eigenvalue weighted by molar-refractivity contribution is -0.385. The zero-order valence-electron chi connectivity index (χ0n) is 10.00. The molecule has 0 fully saturated rings. The van der Waals surface area contributed by atoms with Crippen LogP contribution < -0.4 is 4.74 Å². The Kier molecular flexibility index (Phi) is 3.57. The number of nitro benzene ring substituents is 1. The smallest absolute Gasteiger partial charge is 0.276 e. The Labute approximate surface area is 105 Å². The minimum Gasteiger partial charge on any atom is -0.489 e. The van der Waals surface area contributed by atoms with Gasteiger partial charge >= 0.3 is 0 Å². The SMILES string of the molecule is Cc1cccc(OCc2ccccc2[N+](=O)[O-])c1. The van der Waals surface area contributed by atoms with E-state index in [2.05, 4.69) is 0 Å². The van der Waals surface area contributed by atoms with Crippen LogP contribution in [0.15, 0.2) is 48.5 Å². The van der Waals surface area contributed by atoms with Gasteiger partial charge in [0.25, 0.3) is 5.69 Å². The number of ether oxygens (including phenoxy) is 1. The van der Waals surface area contributed by atoms with Crippen molar-refractivity contribution in [3.63, 3.8) is 0 Å². The molecule has 4 heteroatoms. The standard InChI is InChI=1S/C14H13NO3/c1-11-5-4-7-13(9-11)18-10-12-6-2-3-8-14(12)15(16)17/h2-9H,10H2,1H3. The van der Waals surface area contributed by atoms with E-state index in [1.165, 1.54) is 6.07 Å². The van der Waals surface area contributed by atoms with Gasteiger partial charge in [-0.25, -0.2) is 0 Å². The Hall–Kier alpha value is -2.36. The van der Waals surface area contributed by atoms with Gasteiger partial charge in [0.1, 0.15) is 12.4 Å². The molecule has 0 aliphatic carbocycles. The van der Waals surface area contributed by atoms with Crippen LogP contribution in [0, 0.1) is 17.0 Å². The van der Waals surface area contributed by atoms with Crippen molar-refractivity contribution in [2.45, 2.75) is 13.5 Å². The van der Waals surface area contributed by atoms with Gasteiger partial charge in [-0.15, -0.1) is 0 Å². The molecule has 18 heavy (non-hydrogen) atoms. The average Bonchev–Trinajstić information content (AvgIpc) is 2.37. The number of nitrogens with zero attached hydrogens (tertiary/aromatic N) is 1. The van der Waals surface area contributed by atoms with Gasteiger partial charge in [0.2, 0.25) is 0 Å². The van der Waals surface area contributed by atoms with Crippen LogP contribution in [-0.2, 0) is 6.61 Å². The van der Waals surface area contributed by atoms with E-state index in [0.717, 1.165) is 5.56 Å². The summed E-state index contributed by atoms with van der Waals surface area (Å²) in [5.74, 6) is 0.716. The van der Waals surface area contributed by atoms with E-state index in [0.29, 0.717) is 11.3 Å². The second-order valence-corrected chi connectivity index (χ2v) is 3.99. The van der Waals surface area contributed by atoms with Gasteiger partial charge < -0.3 is 4.74 Å². The highest BCUT2D eigenvalue weighted by Gasteiger charge is 2.12. The topological polar surface area (TPSA) is 52.4 Å². The highest BCUT2D eigenvalue weighted by atomic mass is 16.6. The van der Waals surface area contributed by atoms with Crippen LogP contribution in [0.2, 0.25) is 0 Å². The highest BCUT2D eigenvalue weighted by Crippen LogP contribution is 2.20. The third kappa shape index (κ3) is 2.85. The van der Waals surface area contributed by atoms with Gasteiger partial charge in [0.15, 0.2) is 0 Å². The largest absolute Gasteiger partial charge is 0.489 e. The van der Waals surface area contributed by atoms with Crippen molar-refractivity contribution in [1.82, 2.24) is 0 Å². The van der Waals surface area contributed by atoms with E-state index in [4.69, 9.17) is 4.74 Å². The highest BCUT2D eigenvalue weighted by molar-refractivity contribution is 5.39. The van der Waals surface area contributed by atoms with E-state index in [9.17, 15) is 10.1 Å². The zero-order chi connectivity index (χ0) is 13.0. The van der Waals surface area contributed by atoms with Crippen molar-refractivity contribution in [2.75, 3.05) is 0 Å². The van der Waals surface area contributed by atoms with Crippen molar-refractivity contribution in [2.24, 2.45) is 0 Å². The molecule has 0 saturated heterocycles. The molecule has 2 aromatic carbocycles. The molecular formula is C14H13NO3. The summed E-state index contributed by atoms with van der Waals surface area (Å²) in [5, 5.41) is 10.8. The van der Waals surface area contributed by atoms with Crippen molar-refractivity contribution < 1.29 is 9.66 Å². The molecule has 4 nitrogen and oxygen atoms in total. The zero-order valence-corrected chi connectivity index (χ0v) is 10.00. The molecule has 0 aromatic heterocycles. The van der Waals surface area contributed by atoms with Crippen LogP contribution in [0.3, 0.4) is 0 Å². The normalized spacial score (nSPS) is 10.1. The fraction of sp³-hybridized carbons (Fsp3) is 0.143.